The molecule has 0 bridgehead atoms. The summed E-state index contributed by atoms with van der Waals surface area (Å²) in [4.78, 5) is 24.1. The number of hydrogen-bond acceptors (Lipinski definition) is 2. The number of rotatable bonds is 5. The van der Waals surface area contributed by atoms with E-state index in [0.717, 1.165) is 12.0 Å². The standard InChI is InChI=1S/C14H16ClNO3/c1-16(7-6-13(17)18)14(19)11-8-10(11)9-4-2-3-5-12(9)15/h2-5,10-11H,6-8H2,1H3,(H,17,18). The van der Waals surface area contributed by atoms with Gasteiger partial charge in [-0.25, -0.2) is 0 Å². The first kappa shape index (κ1) is 13.9. The van der Waals surface area contributed by atoms with Crippen molar-refractivity contribution in [3.63, 3.8) is 0 Å². The Kier molecular flexibility index (Phi) is 4.10. The highest BCUT2D eigenvalue weighted by atomic mass is 35.5. The average molecular weight is 282 g/mol. The summed E-state index contributed by atoms with van der Waals surface area (Å²) in [5.41, 5.74) is 1.01. The van der Waals surface area contributed by atoms with Gasteiger partial charge in [0.05, 0.1) is 6.42 Å². The van der Waals surface area contributed by atoms with E-state index in [1.54, 1.807) is 7.05 Å². The van der Waals surface area contributed by atoms with Crippen molar-refractivity contribution in [2.75, 3.05) is 13.6 Å². The SMILES string of the molecule is CN(CCC(=O)O)C(=O)C1CC1c1ccccc1Cl. The lowest BCUT2D eigenvalue weighted by Crippen LogP contribution is -2.30. The van der Waals surface area contributed by atoms with Crippen LogP contribution < -0.4 is 0 Å². The number of aliphatic carboxylic acids is 1. The zero-order valence-electron chi connectivity index (χ0n) is 10.7. The molecule has 0 aromatic heterocycles. The van der Waals surface area contributed by atoms with Crippen LogP contribution in [-0.2, 0) is 9.59 Å². The summed E-state index contributed by atoms with van der Waals surface area (Å²) in [5.74, 6) is -0.767. The number of hydrogen-bond donors (Lipinski definition) is 1. The van der Waals surface area contributed by atoms with Crippen molar-refractivity contribution in [2.45, 2.75) is 18.8 Å². The van der Waals surface area contributed by atoms with Crippen LogP contribution >= 0.6 is 11.6 Å². The van der Waals surface area contributed by atoms with Crippen molar-refractivity contribution in [2.24, 2.45) is 5.92 Å². The molecule has 1 aromatic carbocycles. The second-order valence-corrected chi connectivity index (χ2v) is 5.28. The molecule has 102 valence electrons. The van der Waals surface area contributed by atoms with Crippen LogP contribution in [-0.4, -0.2) is 35.5 Å². The average Bonchev–Trinajstić information content (AvgIpc) is 3.15. The summed E-state index contributed by atoms with van der Waals surface area (Å²) < 4.78 is 0. The van der Waals surface area contributed by atoms with Crippen LogP contribution in [0.1, 0.15) is 24.3 Å². The van der Waals surface area contributed by atoms with Crippen LogP contribution in [0.3, 0.4) is 0 Å². The van der Waals surface area contributed by atoms with E-state index in [2.05, 4.69) is 0 Å². The monoisotopic (exact) mass is 281 g/mol. The largest absolute Gasteiger partial charge is 0.481 e. The molecule has 1 fully saturated rings. The number of benzene rings is 1. The highest BCUT2D eigenvalue weighted by Gasteiger charge is 2.45. The summed E-state index contributed by atoms with van der Waals surface area (Å²) in [7, 11) is 1.65. The van der Waals surface area contributed by atoms with Crippen LogP contribution in [0.15, 0.2) is 24.3 Å². The molecule has 0 radical (unpaired) electrons. The highest BCUT2D eigenvalue weighted by Crippen LogP contribution is 2.50. The van der Waals surface area contributed by atoms with Gasteiger partial charge in [-0.1, -0.05) is 29.8 Å². The number of carbonyl (C=O) groups excluding carboxylic acids is 1. The predicted octanol–water partition coefficient (Wildman–Crippen LogP) is 2.38. The summed E-state index contributed by atoms with van der Waals surface area (Å²) >= 11 is 6.11. The van der Waals surface area contributed by atoms with E-state index in [-0.39, 0.29) is 30.7 Å². The normalized spacial score (nSPS) is 20.9. The molecule has 2 unspecified atom stereocenters. The van der Waals surface area contributed by atoms with Crippen molar-refractivity contribution in [3.05, 3.63) is 34.9 Å². The number of carboxylic acid groups (broad SMARTS) is 1. The van der Waals surface area contributed by atoms with E-state index in [9.17, 15) is 9.59 Å². The van der Waals surface area contributed by atoms with Crippen LogP contribution in [0.5, 0.6) is 0 Å². The van der Waals surface area contributed by atoms with Gasteiger partial charge >= 0.3 is 5.97 Å². The minimum Gasteiger partial charge on any atom is -0.481 e. The van der Waals surface area contributed by atoms with Gasteiger partial charge in [0.1, 0.15) is 0 Å². The molecular weight excluding hydrogens is 266 g/mol. The molecule has 1 amide bonds. The maximum absolute atomic E-state index is 12.1. The van der Waals surface area contributed by atoms with Gasteiger partial charge in [0.2, 0.25) is 5.91 Å². The molecule has 1 aliphatic carbocycles. The smallest absolute Gasteiger partial charge is 0.305 e. The fourth-order valence-electron chi connectivity index (χ4n) is 2.24. The molecule has 0 aliphatic heterocycles. The molecule has 19 heavy (non-hydrogen) atoms. The van der Waals surface area contributed by atoms with E-state index in [4.69, 9.17) is 16.7 Å². The van der Waals surface area contributed by atoms with Crippen molar-refractivity contribution < 1.29 is 14.7 Å². The van der Waals surface area contributed by atoms with Crippen LogP contribution in [0.2, 0.25) is 5.02 Å². The number of nitrogens with zero attached hydrogens (tertiary/aromatic N) is 1. The minimum atomic E-state index is -0.891. The Balaban J connectivity index is 1.94. The number of amides is 1. The topological polar surface area (TPSA) is 57.6 Å². The number of carboxylic acids is 1. The van der Waals surface area contributed by atoms with Crippen molar-refractivity contribution >= 4 is 23.5 Å². The molecule has 1 aromatic rings. The quantitative estimate of drug-likeness (QED) is 0.901. The second-order valence-electron chi connectivity index (χ2n) is 4.87. The summed E-state index contributed by atoms with van der Waals surface area (Å²) in [5, 5.41) is 9.30. The van der Waals surface area contributed by atoms with E-state index in [1.807, 2.05) is 24.3 Å². The maximum atomic E-state index is 12.1. The van der Waals surface area contributed by atoms with Gasteiger partial charge in [0.25, 0.3) is 0 Å². The van der Waals surface area contributed by atoms with Crippen LogP contribution in [0.25, 0.3) is 0 Å². The molecule has 5 heteroatoms. The maximum Gasteiger partial charge on any atom is 0.305 e. The summed E-state index contributed by atoms with van der Waals surface area (Å²) in [6.07, 6.45) is 0.770. The number of carbonyl (C=O) groups is 2. The lowest BCUT2D eigenvalue weighted by molar-refractivity contribution is -0.138. The van der Waals surface area contributed by atoms with Gasteiger partial charge in [0.15, 0.2) is 0 Å². The Morgan fingerprint density at radius 1 is 1.42 bits per heavy atom. The molecular formula is C14H16ClNO3. The Hall–Kier alpha value is -1.55. The molecule has 0 heterocycles. The fourth-order valence-corrected chi connectivity index (χ4v) is 2.52. The first-order chi connectivity index (χ1) is 9.00. The third kappa shape index (κ3) is 3.26. The minimum absolute atomic E-state index is 0.00571. The van der Waals surface area contributed by atoms with Crippen LogP contribution in [0, 0.1) is 5.92 Å². The first-order valence-electron chi connectivity index (χ1n) is 6.22. The van der Waals surface area contributed by atoms with Gasteiger partial charge in [-0.05, 0) is 24.0 Å². The molecule has 1 N–H and O–H groups in total. The van der Waals surface area contributed by atoms with E-state index in [1.165, 1.54) is 4.90 Å². The van der Waals surface area contributed by atoms with Gasteiger partial charge in [0, 0.05) is 24.5 Å². The molecule has 4 nitrogen and oxygen atoms in total. The lowest BCUT2D eigenvalue weighted by atomic mass is 10.1. The van der Waals surface area contributed by atoms with E-state index < -0.39 is 5.97 Å². The van der Waals surface area contributed by atoms with Crippen molar-refractivity contribution in [1.82, 2.24) is 4.90 Å². The summed E-state index contributed by atoms with van der Waals surface area (Å²) in [6.45, 7) is 0.250. The Morgan fingerprint density at radius 3 is 2.74 bits per heavy atom. The van der Waals surface area contributed by atoms with E-state index in [0.29, 0.717) is 5.02 Å². The van der Waals surface area contributed by atoms with Crippen LogP contribution in [0.4, 0.5) is 0 Å². The molecule has 2 atom stereocenters. The van der Waals surface area contributed by atoms with Gasteiger partial charge < -0.3 is 10.0 Å². The van der Waals surface area contributed by atoms with Gasteiger partial charge in [-0.2, -0.15) is 0 Å². The Labute approximate surface area is 117 Å². The molecule has 0 saturated heterocycles. The third-order valence-corrected chi connectivity index (χ3v) is 3.79. The van der Waals surface area contributed by atoms with Crippen molar-refractivity contribution in [1.29, 1.82) is 0 Å². The molecule has 2 rings (SSSR count). The van der Waals surface area contributed by atoms with Gasteiger partial charge in [-0.15, -0.1) is 0 Å². The molecule has 1 saturated carbocycles. The predicted molar refractivity (Wildman–Crippen MR) is 72.2 cm³/mol. The third-order valence-electron chi connectivity index (χ3n) is 3.45. The second kappa shape index (κ2) is 5.61. The molecule has 1 aliphatic rings. The Bertz CT molecular complexity index is 503. The van der Waals surface area contributed by atoms with E-state index >= 15 is 0 Å². The van der Waals surface area contributed by atoms with Crippen molar-refractivity contribution in [3.8, 4) is 0 Å². The zero-order valence-corrected chi connectivity index (χ0v) is 11.4. The fraction of sp³-hybridized carbons (Fsp3) is 0.429. The zero-order chi connectivity index (χ0) is 14.0. The number of halogens is 1. The highest BCUT2D eigenvalue weighted by molar-refractivity contribution is 6.31. The molecule has 0 spiro atoms. The first-order valence-corrected chi connectivity index (χ1v) is 6.59. The summed E-state index contributed by atoms with van der Waals surface area (Å²) in [6, 6.07) is 7.54. The van der Waals surface area contributed by atoms with Gasteiger partial charge in [-0.3, -0.25) is 9.59 Å². The lowest BCUT2D eigenvalue weighted by Gasteiger charge is -2.16. The Morgan fingerprint density at radius 2 is 2.11 bits per heavy atom.